The lowest BCUT2D eigenvalue weighted by molar-refractivity contribution is 0.677. The van der Waals surface area contributed by atoms with E-state index < -0.39 is 0 Å². The molecule has 1 aromatic heterocycles. The number of nitrogens with two attached hydrogens (primary N) is 1. The Labute approximate surface area is 91.5 Å². The van der Waals surface area contributed by atoms with E-state index in [-0.39, 0.29) is 6.04 Å². The van der Waals surface area contributed by atoms with E-state index in [1.54, 1.807) is 6.20 Å². The minimum atomic E-state index is 0.186. The quantitative estimate of drug-likeness (QED) is 0.819. The number of anilines is 1. The zero-order chi connectivity index (χ0) is 9.68. The fourth-order valence-corrected chi connectivity index (χ4v) is 1.31. The summed E-state index contributed by atoms with van der Waals surface area (Å²) in [5.41, 5.74) is 5.76. The molecule has 0 bridgehead atoms. The van der Waals surface area contributed by atoms with Gasteiger partial charge in [0.2, 0.25) is 0 Å². The molecule has 0 amide bonds. The van der Waals surface area contributed by atoms with Crippen molar-refractivity contribution in [2.45, 2.75) is 19.4 Å². The maximum Gasteiger partial charge on any atom is 0.142 e. The number of nitrogens with one attached hydrogen (secondary N) is 1. The highest BCUT2D eigenvalue weighted by Gasteiger charge is 2.02. The molecule has 13 heavy (non-hydrogen) atoms. The number of hydrogen-bond donors (Lipinski definition) is 2. The molecule has 0 saturated heterocycles. The Hall–Kier alpha value is -0.430. The van der Waals surface area contributed by atoms with Crippen molar-refractivity contribution >= 4 is 28.4 Å². The lowest BCUT2D eigenvalue weighted by atomic mass is 10.2. The van der Waals surface area contributed by atoms with E-state index in [4.69, 9.17) is 5.73 Å². The molecule has 5 heteroatoms. The van der Waals surface area contributed by atoms with Crippen molar-refractivity contribution in [3.05, 3.63) is 16.1 Å². The van der Waals surface area contributed by atoms with Gasteiger partial charge in [-0.1, -0.05) is 6.92 Å². The Morgan fingerprint density at radius 1 is 1.69 bits per heavy atom. The Balaban J connectivity index is 2.50. The van der Waals surface area contributed by atoms with Crippen molar-refractivity contribution in [1.82, 2.24) is 9.97 Å². The van der Waals surface area contributed by atoms with E-state index >= 15 is 0 Å². The third-order valence-corrected chi connectivity index (χ3v) is 2.51. The molecule has 1 atom stereocenters. The molecule has 1 aromatic rings. The average molecular weight is 292 g/mol. The lowest BCUT2D eigenvalue weighted by Crippen LogP contribution is -2.28. The van der Waals surface area contributed by atoms with Crippen molar-refractivity contribution in [1.29, 1.82) is 0 Å². The van der Waals surface area contributed by atoms with Crippen LogP contribution in [0.1, 0.15) is 13.3 Å². The van der Waals surface area contributed by atoms with Gasteiger partial charge in [-0.25, -0.2) is 9.97 Å². The second kappa shape index (κ2) is 5.33. The van der Waals surface area contributed by atoms with Gasteiger partial charge in [0, 0.05) is 18.8 Å². The molecule has 72 valence electrons. The van der Waals surface area contributed by atoms with E-state index in [0.717, 1.165) is 22.4 Å². The normalized spacial score (nSPS) is 12.5. The summed E-state index contributed by atoms with van der Waals surface area (Å²) >= 11 is 2.19. The van der Waals surface area contributed by atoms with E-state index in [2.05, 4.69) is 44.8 Å². The molecule has 0 aliphatic heterocycles. The van der Waals surface area contributed by atoms with Crippen LogP contribution < -0.4 is 11.1 Å². The summed E-state index contributed by atoms with van der Waals surface area (Å²) in [6, 6.07) is 0.186. The first-order valence-corrected chi connectivity index (χ1v) is 5.27. The Bertz CT molecular complexity index is 266. The standard InChI is InChI=1S/C8H13IN4/c1-2-6(10)3-12-8-7(9)4-11-5-13-8/h4-6H,2-3,10H2,1H3,(H,11,12,13). The molecule has 4 nitrogen and oxygen atoms in total. The van der Waals surface area contributed by atoms with E-state index in [9.17, 15) is 0 Å². The van der Waals surface area contributed by atoms with Crippen LogP contribution in [0.4, 0.5) is 5.82 Å². The van der Waals surface area contributed by atoms with Gasteiger partial charge in [-0.15, -0.1) is 0 Å². The van der Waals surface area contributed by atoms with Gasteiger partial charge in [-0.2, -0.15) is 0 Å². The van der Waals surface area contributed by atoms with Crippen LogP contribution in [0.3, 0.4) is 0 Å². The lowest BCUT2D eigenvalue weighted by Gasteiger charge is -2.11. The molecule has 1 unspecified atom stereocenters. The third kappa shape index (κ3) is 3.43. The van der Waals surface area contributed by atoms with Gasteiger partial charge in [0.15, 0.2) is 0 Å². The average Bonchev–Trinajstić information content (AvgIpc) is 2.16. The molecule has 0 fully saturated rings. The number of hydrogen-bond acceptors (Lipinski definition) is 4. The molecule has 0 aliphatic rings. The maximum atomic E-state index is 5.76. The number of nitrogens with zero attached hydrogens (tertiary/aromatic N) is 2. The Morgan fingerprint density at radius 3 is 3.08 bits per heavy atom. The first kappa shape index (κ1) is 10.6. The number of halogens is 1. The maximum absolute atomic E-state index is 5.76. The first-order valence-electron chi connectivity index (χ1n) is 4.19. The fraction of sp³-hybridized carbons (Fsp3) is 0.500. The molecule has 0 radical (unpaired) electrons. The molecule has 0 saturated carbocycles. The zero-order valence-electron chi connectivity index (χ0n) is 7.50. The Morgan fingerprint density at radius 2 is 2.46 bits per heavy atom. The smallest absolute Gasteiger partial charge is 0.142 e. The number of rotatable bonds is 4. The Kier molecular flexibility index (Phi) is 4.37. The largest absolute Gasteiger partial charge is 0.368 e. The molecule has 0 spiro atoms. The fourth-order valence-electron chi connectivity index (χ4n) is 0.815. The van der Waals surface area contributed by atoms with Crippen LogP contribution >= 0.6 is 22.6 Å². The molecular formula is C8H13IN4. The van der Waals surface area contributed by atoms with Crippen molar-refractivity contribution in [3.8, 4) is 0 Å². The monoisotopic (exact) mass is 292 g/mol. The van der Waals surface area contributed by atoms with E-state index in [0.29, 0.717) is 0 Å². The van der Waals surface area contributed by atoms with Crippen LogP contribution in [0, 0.1) is 3.57 Å². The van der Waals surface area contributed by atoms with E-state index in [1.165, 1.54) is 6.33 Å². The van der Waals surface area contributed by atoms with Crippen LogP contribution in [-0.4, -0.2) is 22.6 Å². The summed E-state index contributed by atoms with van der Waals surface area (Å²) in [5.74, 6) is 0.861. The molecule has 0 aliphatic carbocycles. The van der Waals surface area contributed by atoms with Gasteiger partial charge in [-0.3, -0.25) is 0 Å². The van der Waals surface area contributed by atoms with Crippen LogP contribution in [0.15, 0.2) is 12.5 Å². The second-order valence-corrected chi connectivity index (χ2v) is 3.93. The highest BCUT2D eigenvalue weighted by Crippen LogP contribution is 2.11. The van der Waals surface area contributed by atoms with Crippen LogP contribution in [0.5, 0.6) is 0 Å². The number of aromatic nitrogens is 2. The predicted molar refractivity (Wildman–Crippen MR) is 61.5 cm³/mol. The van der Waals surface area contributed by atoms with Crippen molar-refractivity contribution in [2.75, 3.05) is 11.9 Å². The molecule has 3 N–H and O–H groups in total. The van der Waals surface area contributed by atoms with Gasteiger partial charge in [0.25, 0.3) is 0 Å². The summed E-state index contributed by atoms with van der Waals surface area (Å²) < 4.78 is 1.02. The van der Waals surface area contributed by atoms with Crippen molar-refractivity contribution < 1.29 is 0 Å². The minimum Gasteiger partial charge on any atom is -0.368 e. The SMILES string of the molecule is CCC(N)CNc1ncncc1I. The van der Waals surface area contributed by atoms with Gasteiger partial charge >= 0.3 is 0 Å². The topological polar surface area (TPSA) is 63.8 Å². The van der Waals surface area contributed by atoms with Gasteiger partial charge in [0.05, 0.1) is 3.57 Å². The van der Waals surface area contributed by atoms with Gasteiger partial charge in [-0.05, 0) is 29.0 Å². The molecule has 1 rings (SSSR count). The molecule has 0 aromatic carbocycles. The second-order valence-electron chi connectivity index (χ2n) is 2.77. The summed E-state index contributed by atoms with van der Waals surface area (Å²) in [7, 11) is 0. The van der Waals surface area contributed by atoms with Crippen molar-refractivity contribution in [2.24, 2.45) is 5.73 Å². The molecular weight excluding hydrogens is 279 g/mol. The predicted octanol–water partition coefficient (Wildman–Crippen LogP) is 1.23. The summed E-state index contributed by atoms with van der Waals surface area (Å²) in [4.78, 5) is 8.00. The summed E-state index contributed by atoms with van der Waals surface area (Å²) in [6.45, 7) is 2.82. The summed E-state index contributed by atoms with van der Waals surface area (Å²) in [6.07, 6.45) is 4.27. The highest BCUT2D eigenvalue weighted by molar-refractivity contribution is 14.1. The van der Waals surface area contributed by atoms with E-state index in [1.807, 2.05) is 0 Å². The minimum absolute atomic E-state index is 0.186. The summed E-state index contributed by atoms with van der Waals surface area (Å²) in [5, 5.41) is 3.18. The van der Waals surface area contributed by atoms with Gasteiger partial charge < -0.3 is 11.1 Å². The third-order valence-electron chi connectivity index (χ3n) is 1.72. The van der Waals surface area contributed by atoms with Crippen LogP contribution in [-0.2, 0) is 0 Å². The zero-order valence-corrected chi connectivity index (χ0v) is 9.65. The van der Waals surface area contributed by atoms with Gasteiger partial charge in [0.1, 0.15) is 12.1 Å². The van der Waals surface area contributed by atoms with Crippen LogP contribution in [0.25, 0.3) is 0 Å². The van der Waals surface area contributed by atoms with Crippen molar-refractivity contribution in [3.63, 3.8) is 0 Å². The first-order chi connectivity index (χ1) is 6.24. The highest BCUT2D eigenvalue weighted by atomic mass is 127. The molecule has 1 heterocycles. The van der Waals surface area contributed by atoms with Crippen LogP contribution in [0.2, 0.25) is 0 Å².